The predicted molar refractivity (Wildman–Crippen MR) is 67.2 cm³/mol. The molecule has 0 bridgehead atoms. The molecule has 0 fully saturated rings. The minimum absolute atomic E-state index is 0.0317. The number of hydrogen-bond donors (Lipinski definition) is 2. The van der Waals surface area contributed by atoms with E-state index in [0.29, 0.717) is 5.88 Å². The molecule has 94 valence electrons. The van der Waals surface area contributed by atoms with Crippen molar-refractivity contribution in [2.75, 3.05) is 12.4 Å². The number of hydrogen-bond acceptors (Lipinski definition) is 4. The van der Waals surface area contributed by atoms with E-state index in [2.05, 4.69) is 15.6 Å². The number of nitrogens with zero attached hydrogens (tertiary/aromatic N) is 1. The molecule has 2 N–H and O–H groups in total. The molecule has 0 saturated heterocycles. The highest BCUT2D eigenvalue weighted by molar-refractivity contribution is 5.84. The average molecular weight is 237 g/mol. The van der Waals surface area contributed by atoms with Crippen LogP contribution in [0.25, 0.3) is 0 Å². The molecule has 0 radical (unpaired) electrons. The van der Waals surface area contributed by atoms with Crippen LogP contribution in [0.4, 0.5) is 5.69 Å². The van der Waals surface area contributed by atoms with Crippen molar-refractivity contribution in [1.29, 1.82) is 0 Å². The van der Waals surface area contributed by atoms with E-state index in [0.717, 1.165) is 5.69 Å². The second-order valence-corrected chi connectivity index (χ2v) is 4.12. The lowest BCUT2D eigenvalue weighted by Gasteiger charge is -2.17. The fourth-order valence-corrected chi connectivity index (χ4v) is 1.34. The molecule has 1 atom stereocenters. The number of aromatic nitrogens is 1. The summed E-state index contributed by atoms with van der Waals surface area (Å²) in [5.74, 6) is 0.488. The van der Waals surface area contributed by atoms with E-state index >= 15 is 0 Å². The first-order chi connectivity index (χ1) is 8.02. The SMILES string of the molecule is COc1cc(NC(C)C(=O)NC(C)C)ccn1. The molecule has 0 aliphatic carbocycles. The number of rotatable bonds is 5. The van der Waals surface area contributed by atoms with Gasteiger partial charge in [-0.25, -0.2) is 4.98 Å². The monoisotopic (exact) mass is 237 g/mol. The van der Waals surface area contributed by atoms with Gasteiger partial charge in [-0.1, -0.05) is 0 Å². The lowest BCUT2D eigenvalue weighted by molar-refractivity contribution is -0.122. The average Bonchev–Trinajstić information content (AvgIpc) is 2.28. The zero-order valence-electron chi connectivity index (χ0n) is 10.7. The molecule has 0 spiro atoms. The van der Waals surface area contributed by atoms with Gasteiger partial charge < -0.3 is 15.4 Å². The minimum Gasteiger partial charge on any atom is -0.481 e. The van der Waals surface area contributed by atoms with Crippen molar-refractivity contribution in [3.8, 4) is 5.88 Å². The summed E-state index contributed by atoms with van der Waals surface area (Å²) >= 11 is 0. The summed E-state index contributed by atoms with van der Waals surface area (Å²) in [5.41, 5.74) is 0.809. The van der Waals surface area contributed by atoms with Crippen molar-refractivity contribution >= 4 is 11.6 Å². The van der Waals surface area contributed by atoms with Gasteiger partial charge in [0.1, 0.15) is 6.04 Å². The van der Waals surface area contributed by atoms with Crippen LogP contribution in [0.2, 0.25) is 0 Å². The highest BCUT2D eigenvalue weighted by atomic mass is 16.5. The Balaban J connectivity index is 2.60. The van der Waals surface area contributed by atoms with Crippen LogP contribution in [-0.4, -0.2) is 30.1 Å². The molecular weight excluding hydrogens is 218 g/mol. The van der Waals surface area contributed by atoms with Crippen LogP contribution in [-0.2, 0) is 4.79 Å². The van der Waals surface area contributed by atoms with Gasteiger partial charge in [0, 0.05) is 24.0 Å². The van der Waals surface area contributed by atoms with Crippen LogP contribution in [0.3, 0.4) is 0 Å². The lowest BCUT2D eigenvalue weighted by Crippen LogP contribution is -2.40. The van der Waals surface area contributed by atoms with E-state index < -0.39 is 0 Å². The number of carbonyl (C=O) groups excluding carboxylic acids is 1. The first-order valence-corrected chi connectivity index (χ1v) is 5.60. The molecule has 1 aromatic heterocycles. The molecule has 17 heavy (non-hydrogen) atoms. The number of methoxy groups -OCH3 is 1. The van der Waals surface area contributed by atoms with E-state index in [-0.39, 0.29) is 18.0 Å². The Labute approximate surface area is 102 Å². The fourth-order valence-electron chi connectivity index (χ4n) is 1.34. The number of amides is 1. The maximum atomic E-state index is 11.7. The zero-order chi connectivity index (χ0) is 12.8. The molecule has 0 aromatic carbocycles. The number of carbonyl (C=O) groups is 1. The minimum atomic E-state index is -0.301. The maximum absolute atomic E-state index is 11.7. The van der Waals surface area contributed by atoms with E-state index in [4.69, 9.17) is 4.74 Å². The van der Waals surface area contributed by atoms with Gasteiger partial charge in [-0.15, -0.1) is 0 Å². The summed E-state index contributed by atoms with van der Waals surface area (Å²) in [4.78, 5) is 15.7. The Hall–Kier alpha value is -1.78. The smallest absolute Gasteiger partial charge is 0.242 e. The Morgan fingerprint density at radius 2 is 2.12 bits per heavy atom. The zero-order valence-corrected chi connectivity index (χ0v) is 10.7. The van der Waals surface area contributed by atoms with Crippen molar-refractivity contribution in [2.45, 2.75) is 32.9 Å². The second kappa shape index (κ2) is 6.08. The van der Waals surface area contributed by atoms with Crippen molar-refractivity contribution in [3.05, 3.63) is 18.3 Å². The molecule has 1 heterocycles. The van der Waals surface area contributed by atoms with Crippen molar-refractivity contribution in [3.63, 3.8) is 0 Å². The molecule has 0 aliphatic heterocycles. The van der Waals surface area contributed by atoms with Crippen LogP contribution >= 0.6 is 0 Å². The Morgan fingerprint density at radius 1 is 1.41 bits per heavy atom. The van der Waals surface area contributed by atoms with Gasteiger partial charge in [0.05, 0.1) is 7.11 Å². The normalized spacial score (nSPS) is 12.1. The largest absolute Gasteiger partial charge is 0.481 e. The van der Waals surface area contributed by atoms with Gasteiger partial charge in [-0.05, 0) is 26.8 Å². The molecule has 1 aromatic rings. The highest BCUT2D eigenvalue weighted by Gasteiger charge is 2.13. The first kappa shape index (κ1) is 13.3. The molecular formula is C12H19N3O2. The molecule has 1 amide bonds. The summed E-state index contributed by atoms with van der Waals surface area (Å²) in [6, 6.07) is 3.38. The third-order valence-corrected chi connectivity index (χ3v) is 2.15. The van der Waals surface area contributed by atoms with E-state index in [9.17, 15) is 4.79 Å². The summed E-state index contributed by atoms with van der Waals surface area (Å²) in [5, 5.41) is 5.93. The summed E-state index contributed by atoms with van der Waals surface area (Å²) in [7, 11) is 1.56. The number of anilines is 1. The molecule has 5 heteroatoms. The maximum Gasteiger partial charge on any atom is 0.242 e. The van der Waals surface area contributed by atoms with Gasteiger partial charge in [-0.2, -0.15) is 0 Å². The number of pyridine rings is 1. The Bertz CT molecular complexity index is 380. The Kier molecular flexibility index (Phi) is 4.75. The fraction of sp³-hybridized carbons (Fsp3) is 0.500. The van der Waals surface area contributed by atoms with E-state index in [1.54, 1.807) is 25.4 Å². The molecule has 0 saturated carbocycles. The highest BCUT2D eigenvalue weighted by Crippen LogP contribution is 2.14. The van der Waals surface area contributed by atoms with Gasteiger partial charge in [-0.3, -0.25) is 4.79 Å². The molecule has 1 rings (SSSR count). The van der Waals surface area contributed by atoms with Crippen LogP contribution in [0.1, 0.15) is 20.8 Å². The van der Waals surface area contributed by atoms with Crippen LogP contribution in [0.15, 0.2) is 18.3 Å². The molecule has 0 aliphatic rings. The predicted octanol–water partition coefficient (Wildman–Crippen LogP) is 1.42. The van der Waals surface area contributed by atoms with Crippen molar-refractivity contribution < 1.29 is 9.53 Å². The topological polar surface area (TPSA) is 63.2 Å². The van der Waals surface area contributed by atoms with E-state index in [1.165, 1.54) is 0 Å². The van der Waals surface area contributed by atoms with Gasteiger partial charge >= 0.3 is 0 Å². The van der Waals surface area contributed by atoms with Gasteiger partial charge in [0.25, 0.3) is 0 Å². The summed E-state index contributed by atoms with van der Waals surface area (Å²) in [6.07, 6.45) is 1.63. The standard InChI is InChI=1S/C12H19N3O2/c1-8(2)14-12(16)9(3)15-10-5-6-13-11(7-10)17-4/h5-9H,1-4H3,(H,13,15)(H,14,16). The quantitative estimate of drug-likeness (QED) is 0.813. The van der Waals surface area contributed by atoms with Crippen LogP contribution < -0.4 is 15.4 Å². The van der Waals surface area contributed by atoms with Crippen LogP contribution in [0.5, 0.6) is 5.88 Å². The van der Waals surface area contributed by atoms with Crippen molar-refractivity contribution in [1.82, 2.24) is 10.3 Å². The van der Waals surface area contributed by atoms with Gasteiger partial charge in [0.15, 0.2) is 0 Å². The van der Waals surface area contributed by atoms with Gasteiger partial charge in [0.2, 0.25) is 11.8 Å². The second-order valence-electron chi connectivity index (χ2n) is 4.12. The number of ether oxygens (including phenoxy) is 1. The third-order valence-electron chi connectivity index (χ3n) is 2.15. The molecule has 1 unspecified atom stereocenters. The summed E-state index contributed by atoms with van der Waals surface area (Å²) < 4.78 is 5.01. The lowest BCUT2D eigenvalue weighted by atomic mass is 10.2. The third kappa shape index (κ3) is 4.30. The first-order valence-electron chi connectivity index (χ1n) is 5.60. The van der Waals surface area contributed by atoms with Crippen molar-refractivity contribution in [2.24, 2.45) is 0 Å². The number of nitrogens with one attached hydrogen (secondary N) is 2. The Morgan fingerprint density at radius 3 is 2.71 bits per heavy atom. The molecule has 5 nitrogen and oxygen atoms in total. The summed E-state index contributed by atoms with van der Waals surface area (Å²) in [6.45, 7) is 5.67. The van der Waals surface area contributed by atoms with Crippen LogP contribution in [0, 0.1) is 0 Å². The van der Waals surface area contributed by atoms with E-state index in [1.807, 2.05) is 20.8 Å².